The molecule has 1 fully saturated rings. The van der Waals surface area contributed by atoms with E-state index >= 15 is 0 Å². The Balaban J connectivity index is 2.01. The van der Waals surface area contributed by atoms with E-state index in [9.17, 15) is 4.79 Å². The Hall–Kier alpha value is -0.640. The molecule has 0 unspecified atom stereocenters. The van der Waals surface area contributed by atoms with Crippen molar-refractivity contribution in [3.05, 3.63) is 15.9 Å². The molecule has 0 amide bonds. The summed E-state index contributed by atoms with van der Waals surface area (Å²) in [4.78, 5) is 12.1. The van der Waals surface area contributed by atoms with Crippen LogP contribution in [0.4, 0.5) is 0 Å². The Kier molecular flexibility index (Phi) is 4.60. The van der Waals surface area contributed by atoms with Crippen molar-refractivity contribution in [1.29, 1.82) is 0 Å². The molecule has 0 bridgehead atoms. The molecule has 3 nitrogen and oxygen atoms in total. The Morgan fingerprint density at radius 3 is 2.72 bits per heavy atom. The fourth-order valence-corrected chi connectivity index (χ4v) is 3.26. The Bertz CT molecular complexity index is 433. The number of aromatic nitrogens is 2. The number of nitrogens with zero attached hydrogens (tertiary/aromatic N) is 2. The van der Waals surface area contributed by atoms with Crippen LogP contribution < -0.4 is 0 Å². The first-order valence-corrected chi connectivity index (χ1v) is 7.64. The van der Waals surface area contributed by atoms with Gasteiger partial charge in [0.2, 0.25) is 0 Å². The molecule has 0 radical (unpaired) electrons. The van der Waals surface area contributed by atoms with Crippen molar-refractivity contribution in [2.45, 2.75) is 58.9 Å². The molecule has 100 valence electrons. The number of halogens is 1. The van der Waals surface area contributed by atoms with Gasteiger partial charge in [-0.25, -0.2) is 0 Å². The first-order chi connectivity index (χ1) is 8.61. The van der Waals surface area contributed by atoms with Crippen LogP contribution in [0.1, 0.15) is 50.4 Å². The number of carbonyl (C=O) groups excluding carboxylic acids is 1. The Labute approximate surface area is 117 Å². The van der Waals surface area contributed by atoms with Crippen LogP contribution in [0.3, 0.4) is 0 Å². The van der Waals surface area contributed by atoms with Crippen molar-refractivity contribution in [2.75, 3.05) is 0 Å². The van der Waals surface area contributed by atoms with Gasteiger partial charge in [0.25, 0.3) is 0 Å². The van der Waals surface area contributed by atoms with Gasteiger partial charge in [-0.1, -0.05) is 25.7 Å². The van der Waals surface area contributed by atoms with Crippen molar-refractivity contribution >= 4 is 21.7 Å². The first-order valence-electron chi connectivity index (χ1n) is 6.85. The lowest BCUT2D eigenvalue weighted by molar-refractivity contribution is -0.119. The van der Waals surface area contributed by atoms with Gasteiger partial charge in [0.1, 0.15) is 5.78 Å². The number of hydrogen-bond acceptors (Lipinski definition) is 2. The van der Waals surface area contributed by atoms with Crippen LogP contribution >= 0.6 is 15.9 Å². The minimum absolute atomic E-state index is 0.359. The van der Waals surface area contributed by atoms with Crippen molar-refractivity contribution in [1.82, 2.24) is 9.78 Å². The number of rotatable bonds is 5. The van der Waals surface area contributed by atoms with Crippen molar-refractivity contribution in [3.63, 3.8) is 0 Å². The van der Waals surface area contributed by atoms with E-state index < -0.39 is 0 Å². The largest absolute Gasteiger partial charge is 0.299 e. The van der Waals surface area contributed by atoms with Gasteiger partial charge in [0.15, 0.2) is 0 Å². The van der Waals surface area contributed by atoms with Crippen LogP contribution in [-0.4, -0.2) is 15.6 Å². The molecule has 0 N–H and O–H groups in total. The van der Waals surface area contributed by atoms with E-state index in [-0.39, 0.29) is 0 Å². The van der Waals surface area contributed by atoms with Gasteiger partial charge in [-0.3, -0.25) is 9.48 Å². The molecule has 1 aliphatic rings. The maximum absolute atomic E-state index is 12.1. The summed E-state index contributed by atoms with van der Waals surface area (Å²) >= 11 is 3.55. The van der Waals surface area contributed by atoms with Gasteiger partial charge in [0.05, 0.1) is 15.9 Å². The van der Waals surface area contributed by atoms with E-state index in [0.717, 1.165) is 28.8 Å². The molecule has 0 spiro atoms. The fraction of sp³-hybridized carbons (Fsp3) is 0.714. The standard InChI is InChI=1S/C14H21BrN2O/c1-3-17-13(14(15)10(2)16-17)9-12(18)8-11-6-4-5-7-11/h11H,3-9H2,1-2H3. The fourth-order valence-electron chi connectivity index (χ4n) is 2.83. The van der Waals surface area contributed by atoms with Gasteiger partial charge in [-0.05, 0) is 35.7 Å². The summed E-state index contributed by atoms with van der Waals surface area (Å²) in [7, 11) is 0. The van der Waals surface area contributed by atoms with Crippen molar-refractivity contribution in [2.24, 2.45) is 5.92 Å². The van der Waals surface area contributed by atoms with Crippen LogP contribution in [-0.2, 0) is 17.8 Å². The highest BCUT2D eigenvalue weighted by atomic mass is 79.9. The zero-order valence-electron chi connectivity index (χ0n) is 11.2. The molecule has 1 saturated carbocycles. The van der Waals surface area contributed by atoms with Crippen molar-refractivity contribution < 1.29 is 4.79 Å². The molecular formula is C14H21BrN2O. The lowest BCUT2D eigenvalue weighted by Crippen LogP contribution is -2.12. The predicted molar refractivity (Wildman–Crippen MR) is 75.6 cm³/mol. The molecule has 4 heteroatoms. The monoisotopic (exact) mass is 312 g/mol. The van der Waals surface area contributed by atoms with E-state index in [1.807, 2.05) is 11.6 Å². The number of ketones is 1. The lowest BCUT2D eigenvalue weighted by Gasteiger charge is -2.09. The highest BCUT2D eigenvalue weighted by molar-refractivity contribution is 9.10. The molecule has 1 aromatic rings. The number of carbonyl (C=O) groups is 1. The summed E-state index contributed by atoms with van der Waals surface area (Å²) < 4.78 is 2.94. The molecule has 18 heavy (non-hydrogen) atoms. The Morgan fingerprint density at radius 2 is 2.11 bits per heavy atom. The highest BCUT2D eigenvalue weighted by Gasteiger charge is 2.21. The van der Waals surface area contributed by atoms with E-state index in [1.165, 1.54) is 25.7 Å². The SMILES string of the molecule is CCn1nc(C)c(Br)c1CC(=O)CC1CCCC1. The zero-order chi connectivity index (χ0) is 13.1. The normalized spacial score (nSPS) is 16.4. The average Bonchev–Trinajstić information content (AvgIpc) is 2.92. The second-order valence-electron chi connectivity index (χ2n) is 5.23. The Morgan fingerprint density at radius 1 is 1.44 bits per heavy atom. The van der Waals surface area contributed by atoms with Gasteiger partial charge >= 0.3 is 0 Å². The first kappa shape index (κ1) is 13.8. The van der Waals surface area contributed by atoms with Crippen LogP contribution in [0, 0.1) is 12.8 Å². The second kappa shape index (κ2) is 6.00. The molecule has 0 atom stereocenters. The number of Topliss-reactive ketones (excluding diaryl/α,β-unsaturated/α-hetero) is 1. The lowest BCUT2D eigenvalue weighted by atomic mass is 9.99. The number of aryl methyl sites for hydroxylation is 2. The summed E-state index contributed by atoms with van der Waals surface area (Å²) in [5, 5.41) is 4.43. The van der Waals surface area contributed by atoms with Gasteiger partial charge in [-0.15, -0.1) is 0 Å². The van der Waals surface area contributed by atoms with Gasteiger partial charge in [-0.2, -0.15) is 5.10 Å². The molecule has 0 aliphatic heterocycles. The van der Waals surface area contributed by atoms with Gasteiger partial charge in [0, 0.05) is 19.4 Å². The maximum atomic E-state index is 12.1. The third-order valence-electron chi connectivity index (χ3n) is 3.81. The third-order valence-corrected chi connectivity index (χ3v) is 4.84. The van der Waals surface area contributed by atoms with Crippen LogP contribution in [0.5, 0.6) is 0 Å². The summed E-state index contributed by atoms with van der Waals surface area (Å²) in [6.07, 6.45) is 6.34. The topological polar surface area (TPSA) is 34.9 Å². The van der Waals surface area contributed by atoms with E-state index in [0.29, 0.717) is 18.1 Å². The maximum Gasteiger partial charge on any atom is 0.139 e. The zero-order valence-corrected chi connectivity index (χ0v) is 12.8. The molecule has 2 rings (SSSR count). The van der Waals surface area contributed by atoms with Gasteiger partial charge < -0.3 is 0 Å². The van der Waals surface area contributed by atoms with Crippen molar-refractivity contribution in [3.8, 4) is 0 Å². The summed E-state index contributed by atoms with van der Waals surface area (Å²) in [6, 6.07) is 0. The summed E-state index contributed by atoms with van der Waals surface area (Å²) in [5.74, 6) is 0.993. The minimum atomic E-state index is 0.359. The molecule has 0 aromatic carbocycles. The van der Waals surface area contributed by atoms with E-state index in [1.54, 1.807) is 0 Å². The molecule has 0 saturated heterocycles. The van der Waals surface area contributed by atoms with Crippen LogP contribution in [0.2, 0.25) is 0 Å². The number of hydrogen-bond donors (Lipinski definition) is 0. The predicted octanol–water partition coefficient (Wildman–Crippen LogP) is 3.67. The van der Waals surface area contributed by atoms with E-state index in [4.69, 9.17) is 0 Å². The quantitative estimate of drug-likeness (QED) is 0.831. The summed E-state index contributed by atoms with van der Waals surface area (Å²) in [6.45, 7) is 4.85. The molecular weight excluding hydrogens is 292 g/mol. The van der Waals surface area contributed by atoms with E-state index in [2.05, 4.69) is 28.0 Å². The van der Waals surface area contributed by atoms with Crippen LogP contribution in [0.25, 0.3) is 0 Å². The second-order valence-corrected chi connectivity index (χ2v) is 6.02. The average molecular weight is 313 g/mol. The summed E-state index contributed by atoms with van der Waals surface area (Å²) in [5.41, 5.74) is 2.01. The smallest absolute Gasteiger partial charge is 0.139 e. The molecule has 1 heterocycles. The highest BCUT2D eigenvalue weighted by Crippen LogP contribution is 2.29. The third kappa shape index (κ3) is 3.02. The van der Waals surface area contributed by atoms with Crippen LogP contribution in [0.15, 0.2) is 4.47 Å². The molecule has 1 aromatic heterocycles. The molecule has 1 aliphatic carbocycles. The minimum Gasteiger partial charge on any atom is -0.299 e.